The first-order chi connectivity index (χ1) is 19.4. The fourth-order valence-corrected chi connectivity index (χ4v) is 6.64. The first-order valence-electron chi connectivity index (χ1n) is 13.6. The van der Waals surface area contributed by atoms with E-state index in [1.807, 2.05) is 55.4 Å². The number of carbonyl (C=O) groups excluding carboxylic acids is 3. The van der Waals surface area contributed by atoms with Gasteiger partial charge in [0.2, 0.25) is 11.6 Å². The number of benzene rings is 2. The number of aromatic hydroxyl groups is 1. The molecular weight excluding hydrogens is 524 g/mol. The van der Waals surface area contributed by atoms with Crippen LogP contribution < -0.4 is 16.0 Å². The number of amides is 1. The van der Waals surface area contributed by atoms with Gasteiger partial charge in [-0.15, -0.1) is 0 Å². The van der Waals surface area contributed by atoms with E-state index >= 15 is 0 Å². The number of nitrogens with one attached hydrogen (secondary N) is 1. The Labute approximate surface area is 238 Å². The number of carbonyl (C=O) groups is 3. The molecule has 0 aliphatic heterocycles. The van der Waals surface area contributed by atoms with Gasteiger partial charge in [0.15, 0.2) is 5.60 Å². The number of likely N-dealkylation sites (N-methyl/N-ethyl adjacent to an activating group) is 1. The number of rotatable bonds is 7. The summed E-state index contributed by atoms with van der Waals surface area (Å²) in [5.41, 5.74) is 5.51. The molecule has 5 rings (SSSR count). The summed E-state index contributed by atoms with van der Waals surface area (Å²) in [4.78, 5) is 43.2. The summed E-state index contributed by atoms with van der Waals surface area (Å²) in [5, 5.41) is 38.1. The summed E-state index contributed by atoms with van der Waals surface area (Å²) < 4.78 is 0. The molecule has 2 aromatic carbocycles. The second kappa shape index (κ2) is 10.4. The number of aliphatic hydroxyl groups is 2. The van der Waals surface area contributed by atoms with Crippen LogP contribution in [-0.2, 0) is 33.9 Å². The van der Waals surface area contributed by atoms with Crippen LogP contribution in [0.5, 0.6) is 5.75 Å². The van der Waals surface area contributed by atoms with Gasteiger partial charge in [0.05, 0.1) is 11.1 Å². The molecule has 0 radical (unpaired) electrons. The fraction of sp³-hybridized carbons (Fsp3) is 0.387. The maximum absolute atomic E-state index is 14.0. The van der Waals surface area contributed by atoms with Crippen LogP contribution in [0.25, 0.3) is 5.76 Å². The standard InChI is InChI=1S/C31H36N4O6/c1-34(2)22-12-18(15-33-14-16-8-6-5-7-9-16)26(36)25-19(22)10-17-11-21-23(35(3)4)13-20(30(32)40)28(38)31(21,41)29(39)24(17)27(25)37/h5-9,12-13,17,21,23,33,36-37,41H,10-11,14-15H2,1-4H3,(H2,32,40)/t17-,21-,23+,31+/m0/s1. The van der Waals surface area contributed by atoms with Crippen molar-refractivity contribution in [2.24, 2.45) is 17.6 Å². The van der Waals surface area contributed by atoms with Gasteiger partial charge in [-0.25, -0.2) is 0 Å². The fourth-order valence-electron chi connectivity index (χ4n) is 6.64. The Morgan fingerprint density at radius 1 is 1.07 bits per heavy atom. The molecule has 0 aromatic heterocycles. The van der Waals surface area contributed by atoms with E-state index < -0.39 is 52.3 Å². The van der Waals surface area contributed by atoms with E-state index in [4.69, 9.17) is 5.73 Å². The van der Waals surface area contributed by atoms with Crippen molar-refractivity contribution in [2.45, 2.75) is 37.6 Å². The molecule has 3 aliphatic carbocycles. The third-order valence-electron chi connectivity index (χ3n) is 8.65. The molecule has 10 nitrogen and oxygen atoms in total. The van der Waals surface area contributed by atoms with Crippen molar-refractivity contribution < 1.29 is 29.7 Å². The van der Waals surface area contributed by atoms with Gasteiger partial charge in [-0.05, 0) is 50.0 Å². The number of Topliss-reactive ketones (excluding diaryl/α,β-unsaturated/α-hetero) is 2. The van der Waals surface area contributed by atoms with Crippen molar-refractivity contribution in [3.05, 3.63) is 75.9 Å². The van der Waals surface area contributed by atoms with E-state index in [2.05, 4.69) is 5.32 Å². The van der Waals surface area contributed by atoms with Crippen LogP contribution in [0.15, 0.2) is 53.6 Å². The molecule has 0 saturated heterocycles. The van der Waals surface area contributed by atoms with Gasteiger partial charge in [-0.2, -0.15) is 0 Å². The quantitative estimate of drug-likeness (QED) is 0.250. The zero-order valence-corrected chi connectivity index (χ0v) is 23.6. The minimum atomic E-state index is -2.57. The summed E-state index contributed by atoms with van der Waals surface area (Å²) in [7, 11) is 7.20. The number of hydrogen-bond donors (Lipinski definition) is 5. The van der Waals surface area contributed by atoms with Crippen molar-refractivity contribution in [2.75, 3.05) is 33.1 Å². The topological polar surface area (TPSA) is 156 Å². The van der Waals surface area contributed by atoms with Crippen LogP contribution in [0.1, 0.15) is 28.7 Å². The van der Waals surface area contributed by atoms with Crippen LogP contribution in [0.3, 0.4) is 0 Å². The number of primary amides is 1. The summed E-state index contributed by atoms with van der Waals surface area (Å²) in [6.45, 7) is 0.845. The second-order valence-corrected chi connectivity index (χ2v) is 11.6. The summed E-state index contributed by atoms with van der Waals surface area (Å²) >= 11 is 0. The summed E-state index contributed by atoms with van der Waals surface area (Å²) in [5.74, 6) is -5.04. The molecule has 41 heavy (non-hydrogen) atoms. The monoisotopic (exact) mass is 560 g/mol. The molecule has 10 heteroatoms. The number of aliphatic hydroxyl groups excluding tert-OH is 1. The molecule has 1 fully saturated rings. The predicted octanol–water partition coefficient (Wildman–Crippen LogP) is 1.43. The normalized spacial score (nSPS) is 25.4. The Morgan fingerprint density at radius 3 is 2.37 bits per heavy atom. The summed E-state index contributed by atoms with van der Waals surface area (Å²) in [6.07, 6.45) is 1.94. The summed E-state index contributed by atoms with van der Waals surface area (Å²) in [6, 6.07) is 11.0. The lowest BCUT2D eigenvalue weighted by Gasteiger charge is -2.49. The highest BCUT2D eigenvalue weighted by Crippen LogP contribution is 2.52. The van der Waals surface area contributed by atoms with E-state index in [9.17, 15) is 29.7 Å². The SMILES string of the molecule is CN(C)c1cc(CNCc2ccccc2)c(O)c2c1C[C@H]1C[C@H]3[C@H](N(C)C)C=C(C(N)=O)C(=O)[C@@]3(O)C(=O)C1=C2O. The number of fused-ring (bicyclic) bond motifs is 3. The number of phenolic OH excluding ortho intramolecular Hbond substituents is 1. The first-order valence-corrected chi connectivity index (χ1v) is 13.6. The Hall–Kier alpha value is -3.99. The van der Waals surface area contributed by atoms with Gasteiger partial charge < -0.3 is 36.2 Å². The smallest absolute Gasteiger partial charge is 0.252 e. The van der Waals surface area contributed by atoms with Gasteiger partial charge >= 0.3 is 0 Å². The molecule has 216 valence electrons. The van der Waals surface area contributed by atoms with Crippen LogP contribution in [-0.4, -0.2) is 77.5 Å². The molecule has 1 amide bonds. The van der Waals surface area contributed by atoms with Crippen molar-refractivity contribution in [3.63, 3.8) is 0 Å². The van der Waals surface area contributed by atoms with Crippen molar-refractivity contribution in [1.82, 2.24) is 10.2 Å². The lowest BCUT2D eigenvalue weighted by molar-refractivity contribution is -0.160. The maximum atomic E-state index is 14.0. The second-order valence-electron chi connectivity index (χ2n) is 11.6. The third-order valence-corrected chi connectivity index (χ3v) is 8.65. The van der Waals surface area contributed by atoms with Crippen LogP contribution in [0, 0.1) is 11.8 Å². The molecule has 2 aromatic rings. The number of anilines is 1. The molecule has 3 aliphatic rings. The van der Waals surface area contributed by atoms with E-state index in [0.717, 1.165) is 11.3 Å². The number of phenols is 1. The molecule has 0 bridgehead atoms. The first kappa shape index (κ1) is 28.5. The minimum Gasteiger partial charge on any atom is -0.507 e. The maximum Gasteiger partial charge on any atom is 0.252 e. The number of ketones is 2. The zero-order valence-electron chi connectivity index (χ0n) is 23.6. The van der Waals surface area contributed by atoms with Crippen LogP contribution in [0.2, 0.25) is 0 Å². The lowest BCUT2D eigenvalue weighted by Crippen LogP contribution is -2.65. The molecule has 6 N–H and O–H groups in total. The molecule has 1 saturated carbocycles. The highest BCUT2D eigenvalue weighted by Gasteiger charge is 2.63. The lowest BCUT2D eigenvalue weighted by atomic mass is 9.57. The average Bonchev–Trinajstić information content (AvgIpc) is 2.91. The highest BCUT2D eigenvalue weighted by atomic mass is 16.3. The predicted molar refractivity (Wildman–Crippen MR) is 154 cm³/mol. The van der Waals surface area contributed by atoms with E-state index in [-0.39, 0.29) is 29.9 Å². The van der Waals surface area contributed by atoms with Gasteiger partial charge in [0.1, 0.15) is 11.5 Å². The number of nitrogens with two attached hydrogens (primary N) is 1. The van der Waals surface area contributed by atoms with Gasteiger partial charge in [0.25, 0.3) is 5.91 Å². The van der Waals surface area contributed by atoms with Crippen molar-refractivity contribution in [1.29, 1.82) is 0 Å². The zero-order chi connectivity index (χ0) is 29.8. The Kier molecular flexibility index (Phi) is 7.27. The minimum absolute atomic E-state index is 0.109. The third kappa shape index (κ3) is 4.52. The van der Waals surface area contributed by atoms with E-state index in [1.54, 1.807) is 19.0 Å². The molecule has 4 atom stereocenters. The molecule has 0 spiro atoms. The van der Waals surface area contributed by atoms with Gasteiger partial charge in [0, 0.05) is 56.0 Å². The van der Waals surface area contributed by atoms with Crippen molar-refractivity contribution >= 4 is 28.9 Å². The van der Waals surface area contributed by atoms with Gasteiger partial charge in [-0.1, -0.05) is 36.4 Å². The van der Waals surface area contributed by atoms with E-state index in [1.165, 1.54) is 6.08 Å². The van der Waals surface area contributed by atoms with Crippen LogP contribution in [0.4, 0.5) is 5.69 Å². The largest absolute Gasteiger partial charge is 0.507 e. The van der Waals surface area contributed by atoms with Crippen molar-refractivity contribution in [3.8, 4) is 5.75 Å². The Balaban J connectivity index is 1.59. The van der Waals surface area contributed by atoms with E-state index in [0.29, 0.717) is 24.1 Å². The van der Waals surface area contributed by atoms with Crippen LogP contribution >= 0.6 is 0 Å². The number of hydrogen-bond acceptors (Lipinski definition) is 9. The molecular formula is C31H36N4O6. The average molecular weight is 561 g/mol. The molecule has 0 heterocycles. The number of nitrogens with zero attached hydrogens (tertiary/aromatic N) is 2. The Morgan fingerprint density at radius 2 is 1.76 bits per heavy atom. The van der Waals surface area contributed by atoms with Gasteiger partial charge in [-0.3, -0.25) is 14.4 Å². The molecule has 0 unspecified atom stereocenters. The Bertz CT molecular complexity index is 1500. The highest BCUT2D eigenvalue weighted by molar-refractivity contribution is 6.32.